The number of para-hydroxylation sites is 1. The molecule has 6 nitrogen and oxygen atoms in total. The van der Waals surface area contributed by atoms with Gasteiger partial charge < -0.3 is 10.4 Å². The van der Waals surface area contributed by atoms with Crippen LogP contribution in [0.15, 0.2) is 53.3 Å². The number of nitrogens with zero attached hydrogens (tertiary/aromatic N) is 2. The van der Waals surface area contributed by atoms with Crippen LogP contribution in [0.5, 0.6) is 0 Å². The molecule has 2 aromatic carbocycles. The molecule has 6 heteroatoms. The molecule has 22 heavy (non-hydrogen) atoms. The Labute approximate surface area is 125 Å². The van der Waals surface area contributed by atoms with Crippen LogP contribution in [-0.4, -0.2) is 15.7 Å². The first-order chi connectivity index (χ1) is 10.5. The summed E-state index contributed by atoms with van der Waals surface area (Å²) in [5.74, 6) is -0.730. The zero-order valence-electron chi connectivity index (χ0n) is 11.7. The zero-order chi connectivity index (χ0) is 15.9. The molecule has 1 aromatic heterocycles. The maximum absolute atomic E-state index is 12.4. The van der Waals surface area contributed by atoms with Crippen LogP contribution in [0.3, 0.4) is 0 Å². The summed E-state index contributed by atoms with van der Waals surface area (Å²) < 4.78 is 0.641. The van der Waals surface area contributed by atoms with Gasteiger partial charge in [0.2, 0.25) is 5.52 Å². The fourth-order valence-corrected chi connectivity index (χ4v) is 2.41. The molecule has 0 atom stereocenters. The van der Waals surface area contributed by atoms with E-state index in [1.807, 2.05) is 0 Å². The average Bonchev–Trinajstić information content (AvgIpc) is 2.53. The lowest BCUT2D eigenvalue weighted by Gasteiger charge is -2.10. The lowest BCUT2D eigenvalue weighted by molar-refractivity contribution is -0.581. The Balaban J connectivity index is 2.37. The Morgan fingerprint density at radius 2 is 1.82 bits per heavy atom. The van der Waals surface area contributed by atoms with Crippen molar-refractivity contribution in [3.05, 3.63) is 80.9 Å². The van der Waals surface area contributed by atoms with Crippen LogP contribution >= 0.6 is 0 Å². The van der Waals surface area contributed by atoms with E-state index >= 15 is 0 Å². The second kappa shape index (κ2) is 5.00. The molecule has 0 bridgehead atoms. The first-order valence-electron chi connectivity index (χ1n) is 6.59. The number of carbonyl (C=O) groups is 1. The van der Waals surface area contributed by atoms with Crippen LogP contribution in [0.4, 0.5) is 0 Å². The monoisotopic (exact) mass is 296 g/mol. The minimum atomic E-state index is -1.04. The van der Waals surface area contributed by atoms with Crippen LogP contribution in [0.2, 0.25) is 0 Å². The van der Waals surface area contributed by atoms with E-state index in [1.165, 1.54) is 18.2 Å². The van der Waals surface area contributed by atoms with Crippen molar-refractivity contribution in [3.8, 4) is 0 Å². The molecule has 0 aliphatic carbocycles. The highest BCUT2D eigenvalue weighted by Crippen LogP contribution is 2.14. The van der Waals surface area contributed by atoms with Crippen LogP contribution in [-0.2, 0) is 0 Å². The van der Waals surface area contributed by atoms with E-state index in [-0.39, 0.29) is 21.3 Å². The van der Waals surface area contributed by atoms with Gasteiger partial charge in [-0.25, -0.2) is 0 Å². The normalized spacial score (nSPS) is 10.8. The van der Waals surface area contributed by atoms with Crippen molar-refractivity contribution in [2.75, 3.05) is 0 Å². The molecule has 0 amide bonds. The summed E-state index contributed by atoms with van der Waals surface area (Å²) in [4.78, 5) is 24.7. The van der Waals surface area contributed by atoms with Gasteiger partial charge in [0.25, 0.3) is 5.78 Å². The van der Waals surface area contributed by atoms with Crippen molar-refractivity contribution in [3.63, 3.8) is 0 Å². The molecule has 0 saturated carbocycles. The van der Waals surface area contributed by atoms with Crippen LogP contribution in [0.1, 0.15) is 21.6 Å². The highest BCUT2D eigenvalue weighted by molar-refractivity contribution is 6.06. The van der Waals surface area contributed by atoms with Crippen LogP contribution in [0.25, 0.3) is 11.0 Å². The Kier molecular flexibility index (Phi) is 3.14. The molecule has 3 rings (SSSR count). The van der Waals surface area contributed by atoms with Crippen LogP contribution < -0.4 is 10.3 Å². The Morgan fingerprint density at radius 3 is 2.50 bits per heavy atom. The van der Waals surface area contributed by atoms with Gasteiger partial charge in [0.1, 0.15) is 0 Å². The van der Waals surface area contributed by atoms with Gasteiger partial charge >= 0.3 is 11.3 Å². The third-order valence-electron chi connectivity index (χ3n) is 3.50. The largest absolute Gasteiger partial charge is 0.618 e. The van der Waals surface area contributed by atoms with Crippen molar-refractivity contribution in [2.45, 2.75) is 6.92 Å². The minimum Gasteiger partial charge on any atom is -0.618 e. The standard InChI is InChI=1S/C16H12N2O4/c1-10-6-5-9-12-13(10)18(22)16(20)14(17(12)21)15(19)11-7-3-2-4-8-11/h2-9,22H,1H3. The Hall–Kier alpha value is -3.15. The summed E-state index contributed by atoms with van der Waals surface area (Å²) in [6.07, 6.45) is 0. The predicted octanol–water partition coefficient (Wildman–Crippen LogP) is 1.41. The van der Waals surface area contributed by atoms with E-state index in [0.29, 0.717) is 10.3 Å². The summed E-state index contributed by atoms with van der Waals surface area (Å²) in [5.41, 5.74) is -0.762. The predicted molar refractivity (Wildman–Crippen MR) is 79.0 cm³/mol. The van der Waals surface area contributed by atoms with Crippen molar-refractivity contribution in [1.82, 2.24) is 4.73 Å². The van der Waals surface area contributed by atoms with E-state index in [0.717, 1.165) is 0 Å². The van der Waals surface area contributed by atoms with E-state index in [1.54, 1.807) is 37.3 Å². The molecule has 0 fully saturated rings. The number of aryl methyl sites for hydroxylation is 1. The molecule has 0 spiro atoms. The van der Waals surface area contributed by atoms with Gasteiger partial charge in [0, 0.05) is 11.6 Å². The number of rotatable bonds is 2. The average molecular weight is 296 g/mol. The van der Waals surface area contributed by atoms with E-state index in [9.17, 15) is 20.0 Å². The summed E-state index contributed by atoms with van der Waals surface area (Å²) in [5, 5.41) is 22.5. The SMILES string of the molecule is Cc1cccc2c1n(O)c(=O)c(C(=O)c1ccccc1)[n+]2[O-]. The molecule has 0 saturated heterocycles. The molecule has 0 unspecified atom stereocenters. The van der Waals surface area contributed by atoms with Crippen molar-refractivity contribution >= 4 is 16.8 Å². The lowest BCUT2D eigenvalue weighted by Crippen LogP contribution is -2.46. The van der Waals surface area contributed by atoms with E-state index in [4.69, 9.17) is 0 Å². The smallest absolute Gasteiger partial charge is 0.361 e. The first-order valence-corrected chi connectivity index (χ1v) is 6.59. The molecule has 0 aliphatic heterocycles. The fraction of sp³-hybridized carbons (Fsp3) is 0.0625. The van der Waals surface area contributed by atoms with Gasteiger partial charge in [0.05, 0.1) is 0 Å². The van der Waals surface area contributed by atoms with Gasteiger partial charge in [-0.2, -0.15) is 4.73 Å². The van der Waals surface area contributed by atoms with Crippen molar-refractivity contribution < 1.29 is 14.7 Å². The summed E-state index contributed by atoms with van der Waals surface area (Å²) in [6.45, 7) is 1.66. The van der Waals surface area contributed by atoms with Gasteiger partial charge in [0.15, 0.2) is 5.52 Å². The van der Waals surface area contributed by atoms with Gasteiger partial charge in [-0.1, -0.05) is 42.5 Å². The topological polar surface area (TPSA) is 86.2 Å². The first kappa shape index (κ1) is 13.8. The number of fused-ring (bicyclic) bond motifs is 1. The molecular weight excluding hydrogens is 284 g/mol. The second-order valence-electron chi connectivity index (χ2n) is 4.90. The van der Waals surface area contributed by atoms with Crippen molar-refractivity contribution in [2.24, 2.45) is 0 Å². The van der Waals surface area contributed by atoms with Crippen LogP contribution in [0, 0.1) is 12.1 Å². The second-order valence-corrected chi connectivity index (χ2v) is 4.90. The molecule has 0 radical (unpaired) electrons. The molecule has 110 valence electrons. The Morgan fingerprint density at radius 1 is 1.14 bits per heavy atom. The minimum absolute atomic E-state index is 0.0568. The number of ketones is 1. The van der Waals surface area contributed by atoms with E-state index < -0.39 is 17.0 Å². The fourth-order valence-electron chi connectivity index (χ4n) is 2.41. The third-order valence-corrected chi connectivity index (χ3v) is 3.50. The molecule has 3 aromatic rings. The maximum atomic E-state index is 12.4. The number of hydrogen-bond acceptors (Lipinski definition) is 4. The molecule has 1 heterocycles. The lowest BCUT2D eigenvalue weighted by atomic mass is 10.1. The van der Waals surface area contributed by atoms with Gasteiger partial charge in [-0.05, 0) is 12.5 Å². The van der Waals surface area contributed by atoms with Gasteiger partial charge in [-0.15, -0.1) is 4.73 Å². The highest BCUT2D eigenvalue weighted by atomic mass is 16.5. The van der Waals surface area contributed by atoms with Crippen molar-refractivity contribution in [1.29, 1.82) is 0 Å². The molecule has 1 N–H and O–H groups in total. The molecular formula is C16H12N2O4. The number of carbonyl (C=O) groups excluding carboxylic acids is 1. The number of aromatic nitrogens is 2. The summed E-state index contributed by atoms with van der Waals surface area (Å²) in [7, 11) is 0. The third kappa shape index (κ3) is 1.93. The molecule has 0 aliphatic rings. The highest BCUT2D eigenvalue weighted by Gasteiger charge is 2.28. The summed E-state index contributed by atoms with van der Waals surface area (Å²) >= 11 is 0. The van der Waals surface area contributed by atoms with E-state index in [2.05, 4.69) is 0 Å². The number of benzene rings is 2. The quantitative estimate of drug-likeness (QED) is 0.335. The Bertz CT molecular complexity index is 946. The van der Waals surface area contributed by atoms with Gasteiger partial charge in [-0.3, -0.25) is 9.59 Å². The zero-order valence-corrected chi connectivity index (χ0v) is 11.7. The maximum Gasteiger partial charge on any atom is 0.361 e. The number of hydrogen-bond donors (Lipinski definition) is 1. The summed E-state index contributed by atoms with van der Waals surface area (Å²) in [6, 6.07) is 12.7.